The summed E-state index contributed by atoms with van der Waals surface area (Å²) < 4.78 is 32.3. The minimum atomic E-state index is -3.53. The maximum absolute atomic E-state index is 12.2. The maximum atomic E-state index is 12.2. The molecular weight excluding hydrogens is 412 g/mol. The van der Waals surface area contributed by atoms with Gasteiger partial charge in [-0.3, -0.25) is 14.5 Å². The summed E-state index contributed by atoms with van der Waals surface area (Å²) in [6, 6.07) is 6.05. The molecule has 1 heterocycles. The molecule has 2 rings (SSSR count). The molecular formula is C19H32N4O6S. The second-order valence-electron chi connectivity index (χ2n) is 6.74. The van der Waals surface area contributed by atoms with Crippen molar-refractivity contribution in [3.63, 3.8) is 0 Å². The average molecular weight is 445 g/mol. The van der Waals surface area contributed by atoms with Gasteiger partial charge in [0.1, 0.15) is 0 Å². The summed E-state index contributed by atoms with van der Waals surface area (Å²) in [5, 5.41) is 12.8. The van der Waals surface area contributed by atoms with Crippen molar-refractivity contribution >= 4 is 28.1 Å². The Labute approximate surface area is 178 Å². The predicted octanol–water partition coefficient (Wildman–Crippen LogP) is 0.325. The molecule has 1 fully saturated rings. The van der Waals surface area contributed by atoms with Crippen LogP contribution in [0.2, 0.25) is 0 Å². The number of hydrogen-bond acceptors (Lipinski definition) is 7. The molecule has 170 valence electrons. The Bertz CT molecular complexity index is 736. The third-order valence-electron chi connectivity index (χ3n) is 4.41. The summed E-state index contributed by atoms with van der Waals surface area (Å²) in [7, 11) is -3.53. The van der Waals surface area contributed by atoms with Gasteiger partial charge in [0.25, 0.3) is 6.47 Å². The van der Waals surface area contributed by atoms with Crippen LogP contribution in [0.4, 0.5) is 5.69 Å². The van der Waals surface area contributed by atoms with E-state index in [1.54, 1.807) is 12.1 Å². The number of carbonyl (C=O) groups is 2. The quantitative estimate of drug-likeness (QED) is 0.299. The van der Waals surface area contributed by atoms with Gasteiger partial charge in [0.05, 0.1) is 24.7 Å². The van der Waals surface area contributed by atoms with Gasteiger partial charge in [-0.15, -0.1) is 0 Å². The molecule has 0 saturated carbocycles. The van der Waals surface area contributed by atoms with Crippen molar-refractivity contribution in [1.29, 1.82) is 0 Å². The number of nitrogens with zero attached hydrogens (tertiary/aromatic N) is 1. The number of ether oxygens (including phenoxy) is 1. The molecule has 30 heavy (non-hydrogen) atoms. The van der Waals surface area contributed by atoms with Crippen LogP contribution in [0.3, 0.4) is 0 Å². The largest absolute Gasteiger partial charge is 0.483 e. The Morgan fingerprint density at radius 1 is 1.27 bits per heavy atom. The van der Waals surface area contributed by atoms with Gasteiger partial charge in [-0.25, -0.2) is 13.1 Å². The summed E-state index contributed by atoms with van der Waals surface area (Å²) in [4.78, 5) is 22.8. The molecule has 0 spiro atoms. The first-order valence-corrected chi connectivity index (χ1v) is 11.3. The standard InChI is InChI=1S/C18H30N4O4S.CH2O2/c1-3-15(2)21-27(24,25)17-6-4-16(5-7-17)20-18(23)14-19-8-9-22-10-12-26-13-11-22;2-1-3/h4-7,15,19,21H,3,8-14H2,1-2H3,(H,20,23);1H,(H,2,3). The van der Waals surface area contributed by atoms with Gasteiger partial charge in [0.2, 0.25) is 15.9 Å². The maximum Gasteiger partial charge on any atom is 0.290 e. The van der Waals surface area contributed by atoms with E-state index >= 15 is 0 Å². The van der Waals surface area contributed by atoms with E-state index in [9.17, 15) is 13.2 Å². The van der Waals surface area contributed by atoms with Gasteiger partial charge in [0.15, 0.2) is 0 Å². The number of benzene rings is 1. The molecule has 0 aliphatic carbocycles. The lowest BCUT2D eigenvalue weighted by molar-refractivity contribution is -0.123. The van der Waals surface area contributed by atoms with E-state index in [-0.39, 0.29) is 29.9 Å². The van der Waals surface area contributed by atoms with Crippen molar-refractivity contribution < 1.29 is 27.9 Å². The first-order valence-electron chi connectivity index (χ1n) is 9.83. The lowest BCUT2D eigenvalue weighted by Crippen LogP contribution is -2.41. The monoisotopic (exact) mass is 444 g/mol. The van der Waals surface area contributed by atoms with Gasteiger partial charge in [0, 0.05) is 37.9 Å². The van der Waals surface area contributed by atoms with Crippen molar-refractivity contribution in [1.82, 2.24) is 14.9 Å². The minimum absolute atomic E-state index is 0.127. The Balaban J connectivity index is 0.00000141. The predicted molar refractivity (Wildman–Crippen MR) is 114 cm³/mol. The molecule has 0 radical (unpaired) electrons. The molecule has 1 aliphatic rings. The molecule has 1 aromatic carbocycles. The molecule has 10 nitrogen and oxygen atoms in total. The number of nitrogens with one attached hydrogen (secondary N) is 3. The fraction of sp³-hybridized carbons (Fsp3) is 0.579. The molecule has 0 aromatic heterocycles. The number of hydrogen-bond donors (Lipinski definition) is 4. The molecule has 11 heteroatoms. The van der Waals surface area contributed by atoms with Crippen LogP contribution in [0.25, 0.3) is 0 Å². The van der Waals surface area contributed by atoms with Crippen LogP contribution < -0.4 is 15.4 Å². The van der Waals surface area contributed by atoms with Crippen molar-refractivity contribution in [3.05, 3.63) is 24.3 Å². The van der Waals surface area contributed by atoms with Gasteiger partial charge < -0.3 is 20.5 Å². The lowest BCUT2D eigenvalue weighted by atomic mass is 10.3. The van der Waals surface area contributed by atoms with E-state index in [4.69, 9.17) is 14.6 Å². The van der Waals surface area contributed by atoms with Crippen LogP contribution in [0.5, 0.6) is 0 Å². The minimum Gasteiger partial charge on any atom is -0.483 e. The van der Waals surface area contributed by atoms with Gasteiger partial charge >= 0.3 is 0 Å². The zero-order valence-electron chi connectivity index (χ0n) is 17.5. The Kier molecular flexibility index (Phi) is 12.2. The summed E-state index contributed by atoms with van der Waals surface area (Å²) in [5.41, 5.74) is 0.567. The second kappa shape index (κ2) is 14.0. The van der Waals surface area contributed by atoms with E-state index in [0.717, 1.165) is 39.4 Å². The average Bonchev–Trinajstić information content (AvgIpc) is 2.72. The molecule has 0 bridgehead atoms. The Hall–Kier alpha value is -2.05. The van der Waals surface area contributed by atoms with Gasteiger partial charge in [-0.05, 0) is 37.6 Å². The van der Waals surface area contributed by atoms with Crippen molar-refractivity contribution in [3.8, 4) is 0 Å². The Morgan fingerprint density at radius 3 is 2.43 bits per heavy atom. The van der Waals surface area contributed by atoms with Crippen LogP contribution in [-0.4, -0.2) is 82.8 Å². The molecule has 1 aliphatic heterocycles. The number of sulfonamides is 1. The zero-order valence-corrected chi connectivity index (χ0v) is 18.3. The Morgan fingerprint density at radius 2 is 1.87 bits per heavy atom. The fourth-order valence-electron chi connectivity index (χ4n) is 2.60. The van der Waals surface area contributed by atoms with Crippen LogP contribution >= 0.6 is 0 Å². The topological polar surface area (TPSA) is 137 Å². The van der Waals surface area contributed by atoms with Gasteiger partial charge in [-0.2, -0.15) is 0 Å². The van der Waals surface area contributed by atoms with Crippen LogP contribution in [0, 0.1) is 0 Å². The highest BCUT2D eigenvalue weighted by Crippen LogP contribution is 2.14. The SMILES string of the molecule is CCC(C)NS(=O)(=O)c1ccc(NC(=O)CNCCN2CCOCC2)cc1.O=CO. The highest BCUT2D eigenvalue weighted by molar-refractivity contribution is 7.89. The van der Waals surface area contributed by atoms with Crippen molar-refractivity contribution in [2.45, 2.75) is 31.2 Å². The lowest BCUT2D eigenvalue weighted by Gasteiger charge is -2.26. The number of carboxylic acid groups (broad SMARTS) is 1. The van der Waals surface area contributed by atoms with Crippen LogP contribution in [0.1, 0.15) is 20.3 Å². The summed E-state index contributed by atoms with van der Waals surface area (Å²) >= 11 is 0. The summed E-state index contributed by atoms with van der Waals surface area (Å²) in [6.07, 6.45) is 0.714. The molecule has 1 unspecified atom stereocenters. The molecule has 1 saturated heterocycles. The van der Waals surface area contributed by atoms with E-state index in [2.05, 4.69) is 20.3 Å². The van der Waals surface area contributed by atoms with Crippen molar-refractivity contribution in [2.75, 3.05) is 51.3 Å². The van der Waals surface area contributed by atoms with Crippen LogP contribution in [0.15, 0.2) is 29.2 Å². The molecule has 1 aromatic rings. The van der Waals surface area contributed by atoms with E-state index in [1.165, 1.54) is 12.1 Å². The third kappa shape index (κ3) is 10.1. The molecule has 1 atom stereocenters. The van der Waals surface area contributed by atoms with E-state index in [1.807, 2.05) is 13.8 Å². The third-order valence-corrected chi connectivity index (χ3v) is 6.02. The normalized spacial score (nSPS) is 15.5. The zero-order chi connectivity index (χ0) is 22.4. The van der Waals surface area contributed by atoms with Crippen molar-refractivity contribution in [2.24, 2.45) is 0 Å². The number of carbonyl (C=O) groups excluding carboxylic acids is 1. The number of amides is 1. The van der Waals surface area contributed by atoms with Crippen LogP contribution in [-0.2, 0) is 24.3 Å². The van der Waals surface area contributed by atoms with E-state index < -0.39 is 10.0 Å². The summed E-state index contributed by atoms with van der Waals surface area (Å²) in [6.45, 7) is 8.68. The number of anilines is 1. The van der Waals surface area contributed by atoms with Gasteiger partial charge in [-0.1, -0.05) is 6.92 Å². The molecule has 1 amide bonds. The highest BCUT2D eigenvalue weighted by atomic mass is 32.2. The smallest absolute Gasteiger partial charge is 0.290 e. The first-order chi connectivity index (χ1) is 14.3. The number of morpholine rings is 1. The summed E-state index contributed by atoms with van der Waals surface area (Å²) in [5.74, 6) is -0.162. The second-order valence-corrected chi connectivity index (χ2v) is 8.45. The van der Waals surface area contributed by atoms with E-state index in [0.29, 0.717) is 12.1 Å². The number of rotatable bonds is 10. The highest BCUT2D eigenvalue weighted by Gasteiger charge is 2.16. The molecule has 4 N–H and O–H groups in total. The fourth-order valence-corrected chi connectivity index (χ4v) is 3.93. The first kappa shape index (κ1) is 26.0.